The third-order valence-electron chi connectivity index (χ3n) is 4.23. The van der Waals surface area contributed by atoms with Gasteiger partial charge in [-0.05, 0) is 59.4 Å². The molecule has 0 fully saturated rings. The van der Waals surface area contributed by atoms with Crippen LogP contribution in [0.5, 0.6) is 5.75 Å². The van der Waals surface area contributed by atoms with E-state index in [0.717, 1.165) is 33.3 Å². The van der Waals surface area contributed by atoms with E-state index in [9.17, 15) is 9.00 Å². The number of carbonyl (C=O) groups is 1. The van der Waals surface area contributed by atoms with Gasteiger partial charge in [0.05, 0.1) is 31.2 Å². The quantitative estimate of drug-likeness (QED) is 0.442. The van der Waals surface area contributed by atoms with Gasteiger partial charge < -0.3 is 14.8 Å². The first kappa shape index (κ1) is 22.8. The molecule has 1 atom stereocenters. The molecule has 0 aliphatic rings. The summed E-state index contributed by atoms with van der Waals surface area (Å²) in [5.41, 5.74) is 1.51. The van der Waals surface area contributed by atoms with Gasteiger partial charge in [0.25, 0.3) is 0 Å². The summed E-state index contributed by atoms with van der Waals surface area (Å²) in [6.07, 6.45) is 0.728. The molecule has 0 bridgehead atoms. The van der Waals surface area contributed by atoms with Crippen LogP contribution in [0.1, 0.15) is 19.4 Å². The number of ether oxygens (including phenoxy) is 2. The number of hydrogen-bond donors (Lipinski definition) is 2. The number of hydrogen-bond acceptors (Lipinski definition) is 7. The van der Waals surface area contributed by atoms with Gasteiger partial charge in [-0.2, -0.15) is 0 Å². The number of benzene rings is 2. The Balaban J connectivity index is 1.79. The van der Waals surface area contributed by atoms with Crippen LogP contribution in [0.25, 0.3) is 10.9 Å². The van der Waals surface area contributed by atoms with Crippen molar-refractivity contribution < 1.29 is 18.5 Å². The molecule has 0 saturated carbocycles. The standard InChI is InChI=1S/C21H23BrN4O4S/c1-4-23-20-16-10-17(22)19(11-18(16)24-13-25-20)30-12-14-7-6-8-15(9-14)31(3,28)26-21(27)29-5-2/h6-11,13H,3-5,12H2,1-2H3,(H,23,24,25)(H,26,27,28). The van der Waals surface area contributed by atoms with Gasteiger partial charge in [0.2, 0.25) is 0 Å². The molecule has 2 N–H and O–H groups in total. The molecule has 2 aromatic carbocycles. The van der Waals surface area contributed by atoms with E-state index in [4.69, 9.17) is 9.47 Å². The Bertz CT molecular complexity index is 1200. The first-order valence-corrected chi connectivity index (χ1v) is 12.1. The number of aromatic nitrogens is 2. The maximum atomic E-state index is 12.8. The number of nitrogens with one attached hydrogen (secondary N) is 2. The molecule has 0 aliphatic heterocycles. The summed E-state index contributed by atoms with van der Waals surface area (Å²) in [6.45, 7) is 4.81. The van der Waals surface area contributed by atoms with Crippen LogP contribution in [-0.2, 0) is 21.1 Å². The molecule has 1 unspecified atom stereocenters. The lowest BCUT2D eigenvalue weighted by Gasteiger charge is -2.14. The van der Waals surface area contributed by atoms with Crippen molar-refractivity contribution in [2.45, 2.75) is 25.3 Å². The topological polar surface area (TPSA) is 102 Å². The molecule has 0 saturated heterocycles. The Morgan fingerprint density at radius 3 is 2.77 bits per heavy atom. The van der Waals surface area contributed by atoms with Gasteiger partial charge in [-0.25, -0.2) is 23.7 Å². The maximum Gasteiger partial charge on any atom is 0.418 e. The Morgan fingerprint density at radius 2 is 2.03 bits per heavy atom. The van der Waals surface area contributed by atoms with E-state index in [-0.39, 0.29) is 13.2 Å². The minimum atomic E-state index is -3.05. The molecular formula is C21H23BrN4O4S. The number of anilines is 1. The molecule has 0 aliphatic carbocycles. The highest BCUT2D eigenvalue weighted by atomic mass is 79.9. The molecule has 3 aromatic rings. The van der Waals surface area contributed by atoms with Crippen molar-refractivity contribution >= 4 is 54.3 Å². The minimum Gasteiger partial charge on any atom is -0.488 e. The van der Waals surface area contributed by atoms with Gasteiger partial charge in [-0.15, -0.1) is 0 Å². The molecule has 0 spiro atoms. The van der Waals surface area contributed by atoms with Gasteiger partial charge in [0.1, 0.15) is 24.5 Å². The molecule has 8 nitrogen and oxygen atoms in total. The van der Waals surface area contributed by atoms with E-state index in [0.29, 0.717) is 10.6 Å². The lowest BCUT2D eigenvalue weighted by molar-refractivity contribution is 0.159. The molecule has 10 heteroatoms. The predicted octanol–water partition coefficient (Wildman–Crippen LogP) is 4.14. The van der Waals surface area contributed by atoms with E-state index < -0.39 is 15.8 Å². The summed E-state index contributed by atoms with van der Waals surface area (Å²) in [6, 6.07) is 10.6. The highest BCUT2D eigenvalue weighted by molar-refractivity contribution is 9.10. The number of amides is 1. The van der Waals surface area contributed by atoms with Crippen LogP contribution < -0.4 is 14.8 Å². The fourth-order valence-corrected chi connectivity index (χ4v) is 4.38. The molecule has 164 valence electrons. The first-order valence-electron chi connectivity index (χ1n) is 9.55. The van der Waals surface area contributed by atoms with E-state index in [2.05, 4.69) is 41.8 Å². The Labute approximate surface area is 189 Å². The average molecular weight is 507 g/mol. The highest BCUT2D eigenvalue weighted by Crippen LogP contribution is 2.32. The van der Waals surface area contributed by atoms with Crippen molar-refractivity contribution in [2.24, 2.45) is 0 Å². The van der Waals surface area contributed by atoms with Gasteiger partial charge in [0.15, 0.2) is 0 Å². The van der Waals surface area contributed by atoms with E-state index >= 15 is 0 Å². The van der Waals surface area contributed by atoms with Crippen LogP contribution >= 0.6 is 15.9 Å². The van der Waals surface area contributed by atoms with Crippen LogP contribution in [0.15, 0.2) is 52.1 Å². The zero-order valence-corrected chi connectivity index (χ0v) is 19.6. The number of halogens is 1. The summed E-state index contributed by atoms with van der Waals surface area (Å²) in [7, 11) is -3.05. The molecule has 1 aromatic heterocycles. The fourth-order valence-electron chi connectivity index (χ4n) is 2.83. The number of rotatable bonds is 8. The molecule has 3 rings (SSSR count). The second-order valence-electron chi connectivity index (χ2n) is 6.49. The number of fused-ring (bicyclic) bond motifs is 1. The van der Waals surface area contributed by atoms with Crippen molar-refractivity contribution in [1.29, 1.82) is 0 Å². The predicted molar refractivity (Wildman–Crippen MR) is 126 cm³/mol. The number of nitrogens with zero attached hydrogens (tertiary/aromatic N) is 2. The van der Waals surface area contributed by atoms with Gasteiger partial charge >= 0.3 is 6.09 Å². The number of carbonyl (C=O) groups excluding carboxylic acids is 1. The maximum absolute atomic E-state index is 12.8. The lowest BCUT2D eigenvalue weighted by atomic mass is 10.2. The molecule has 31 heavy (non-hydrogen) atoms. The Hall–Kier alpha value is -2.85. The monoisotopic (exact) mass is 506 g/mol. The summed E-state index contributed by atoms with van der Waals surface area (Å²) in [5.74, 6) is 5.01. The van der Waals surface area contributed by atoms with Crippen LogP contribution in [0.2, 0.25) is 0 Å². The fraction of sp³-hybridized carbons (Fsp3) is 0.238. The van der Waals surface area contributed by atoms with Crippen LogP contribution in [0.4, 0.5) is 10.6 Å². The van der Waals surface area contributed by atoms with E-state index in [1.165, 1.54) is 6.33 Å². The third-order valence-corrected chi connectivity index (χ3v) is 6.36. The zero-order chi connectivity index (χ0) is 22.4. The minimum absolute atomic E-state index is 0.177. The van der Waals surface area contributed by atoms with Crippen molar-refractivity contribution in [3.63, 3.8) is 0 Å². The molecular weight excluding hydrogens is 484 g/mol. The van der Waals surface area contributed by atoms with Gasteiger partial charge in [-0.3, -0.25) is 0 Å². The van der Waals surface area contributed by atoms with Gasteiger partial charge in [-0.1, -0.05) is 12.1 Å². The van der Waals surface area contributed by atoms with Crippen molar-refractivity contribution in [3.8, 4) is 5.75 Å². The average Bonchev–Trinajstić information content (AvgIpc) is 2.73. The Morgan fingerprint density at radius 1 is 1.23 bits per heavy atom. The van der Waals surface area contributed by atoms with Crippen molar-refractivity contribution in [2.75, 3.05) is 18.5 Å². The van der Waals surface area contributed by atoms with Crippen LogP contribution in [-0.4, -0.2) is 39.3 Å². The first-order chi connectivity index (χ1) is 14.8. The van der Waals surface area contributed by atoms with E-state index in [1.807, 2.05) is 25.1 Å². The summed E-state index contributed by atoms with van der Waals surface area (Å²) >= 11 is 3.54. The van der Waals surface area contributed by atoms with Crippen molar-refractivity contribution in [3.05, 3.63) is 52.8 Å². The summed E-state index contributed by atoms with van der Waals surface area (Å²) in [4.78, 5) is 20.6. The van der Waals surface area contributed by atoms with E-state index in [1.54, 1.807) is 25.1 Å². The molecule has 1 heterocycles. The van der Waals surface area contributed by atoms with Crippen LogP contribution in [0, 0.1) is 0 Å². The van der Waals surface area contributed by atoms with Crippen molar-refractivity contribution in [1.82, 2.24) is 14.7 Å². The largest absolute Gasteiger partial charge is 0.488 e. The smallest absolute Gasteiger partial charge is 0.418 e. The summed E-state index contributed by atoms with van der Waals surface area (Å²) < 4.78 is 26.6. The SMILES string of the molecule is C=S(=O)(NC(=O)OCC)c1cccc(COc2cc3ncnc(NCC)c3cc2Br)c1. The van der Waals surface area contributed by atoms with Crippen LogP contribution in [0.3, 0.4) is 0 Å². The summed E-state index contributed by atoms with van der Waals surface area (Å²) in [5, 5.41) is 4.09. The van der Waals surface area contributed by atoms with Gasteiger partial charge in [0, 0.05) is 18.0 Å². The normalized spacial score (nSPS) is 12.7. The lowest BCUT2D eigenvalue weighted by Crippen LogP contribution is -2.31. The zero-order valence-electron chi connectivity index (χ0n) is 17.2. The third kappa shape index (κ3) is 5.65. The second kappa shape index (κ2) is 9.97. The highest BCUT2D eigenvalue weighted by Gasteiger charge is 2.14. The molecule has 0 radical (unpaired) electrons. The Kier molecular flexibility index (Phi) is 7.34. The molecule has 1 amide bonds. The second-order valence-corrected chi connectivity index (χ2v) is 9.37.